The second-order valence-corrected chi connectivity index (χ2v) is 3.37. The molecule has 16 heavy (non-hydrogen) atoms. The molecule has 1 aromatic heterocycles. The van der Waals surface area contributed by atoms with Gasteiger partial charge in [-0.3, -0.25) is 19.5 Å². The number of aromatic nitrogens is 2. The maximum atomic E-state index is 11.4. The highest BCUT2D eigenvalue weighted by atomic mass is 35.5. The Labute approximate surface area is 95.2 Å². The Kier molecular flexibility index (Phi) is 3.62. The van der Waals surface area contributed by atoms with Gasteiger partial charge in [0.1, 0.15) is 11.2 Å². The Bertz CT molecular complexity index is 484. The van der Waals surface area contributed by atoms with Crippen LogP contribution in [0, 0.1) is 0 Å². The first-order valence-corrected chi connectivity index (χ1v) is 4.63. The molecule has 0 saturated heterocycles. The number of halogens is 1. The molecule has 1 aromatic rings. The zero-order chi connectivity index (χ0) is 12.3. The number of nitrogens with one attached hydrogen (secondary N) is 1. The first-order chi connectivity index (χ1) is 7.41. The van der Waals surface area contributed by atoms with E-state index in [1.54, 1.807) is 0 Å². The van der Waals surface area contributed by atoms with E-state index in [1.165, 1.54) is 6.92 Å². The summed E-state index contributed by atoms with van der Waals surface area (Å²) in [7, 11) is 0. The Morgan fingerprint density at radius 1 is 1.62 bits per heavy atom. The number of nitrogens with two attached hydrogens (primary N) is 1. The summed E-state index contributed by atoms with van der Waals surface area (Å²) in [5, 5.41) is 1.89. The van der Waals surface area contributed by atoms with Gasteiger partial charge in [-0.1, -0.05) is 11.6 Å². The van der Waals surface area contributed by atoms with E-state index in [0.29, 0.717) is 0 Å². The third-order valence-electron chi connectivity index (χ3n) is 1.85. The van der Waals surface area contributed by atoms with Crippen LogP contribution in [0.15, 0.2) is 17.2 Å². The predicted molar refractivity (Wildman–Crippen MR) is 55.9 cm³/mol. The summed E-state index contributed by atoms with van der Waals surface area (Å²) in [4.78, 5) is 36.9. The van der Waals surface area contributed by atoms with E-state index in [4.69, 9.17) is 17.3 Å². The van der Waals surface area contributed by atoms with E-state index in [1.807, 2.05) is 5.32 Å². The Balaban J connectivity index is 2.96. The highest BCUT2D eigenvalue weighted by molar-refractivity contribution is 6.29. The molecular formula is C8H9ClN4O3. The summed E-state index contributed by atoms with van der Waals surface area (Å²) in [5.41, 5.74) is 4.28. The average Bonchev–Trinajstić information content (AvgIpc) is 2.15. The molecule has 3 N–H and O–H groups in total. The Hall–Kier alpha value is -1.89. The van der Waals surface area contributed by atoms with Crippen LogP contribution in [0.1, 0.15) is 13.0 Å². The van der Waals surface area contributed by atoms with Gasteiger partial charge in [0.2, 0.25) is 0 Å². The quantitative estimate of drug-likeness (QED) is 0.694. The summed E-state index contributed by atoms with van der Waals surface area (Å²) in [5.74, 6) is -0.696. The smallest absolute Gasteiger partial charge is 0.318 e. The number of primary amides is 1. The summed E-state index contributed by atoms with van der Waals surface area (Å²) in [6.07, 6.45) is 1.12. The summed E-state index contributed by atoms with van der Waals surface area (Å²) in [6.45, 7) is 1.43. The van der Waals surface area contributed by atoms with Gasteiger partial charge in [-0.2, -0.15) is 0 Å². The summed E-state index contributed by atoms with van der Waals surface area (Å²) in [6, 6.07) is -0.813. The van der Waals surface area contributed by atoms with Crippen molar-refractivity contribution in [1.82, 2.24) is 14.9 Å². The SMILES string of the molecule is CC(C(=O)NC(N)=O)n1cnc(Cl)cc1=O. The summed E-state index contributed by atoms with van der Waals surface area (Å²) < 4.78 is 1.03. The van der Waals surface area contributed by atoms with Crippen LogP contribution < -0.4 is 16.6 Å². The van der Waals surface area contributed by atoms with E-state index in [2.05, 4.69) is 4.98 Å². The fraction of sp³-hybridized carbons (Fsp3) is 0.250. The van der Waals surface area contributed by atoms with Crippen LogP contribution in [0.3, 0.4) is 0 Å². The molecule has 0 radical (unpaired) electrons. The maximum Gasteiger partial charge on any atom is 0.318 e. The molecule has 0 aliphatic carbocycles. The first kappa shape index (κ1) is 12.2. The monoisotopic (exact) mass is 244 g/mol. The minimum absolute atomic E-state index is 0.0313. The van der Waals surface area contributed by atoms with Crippen LogP contribution in [0.2, 0.25) is 5.15 Å². The van der Waals surface area contributed by atoms with Gasteiger partial charge in [-0.05, 0) is 6.92 Å². The Morgan fingerprint density at radius 2 is 2.25 bits per heavy atom. The molecule has 0 aliphatic rings. The van der Waals surface area contributed by atoms with Crippen LogP contribution in [0.4, 0.5) is 4.79 Å². The highest BCUT2D eigenvalue weighted by Gasteiger charge is 2.17. The van der Waals surface area contributed by atoms with Crippen LogP contribution in [0.5, 0.6) is 0 Å². The van der Waals surface area contributed by atoms with Crippen molar-refractivity contribution in [2.24, 2.45) is 5.73 Å². The lowest BCUT2D eigenvalue weighted by atomic mass is 10.3. The van der Waals surface area contributed by atoms with Gasteiger partial charge in [-0.15, -0.1) is 0 Å². The molecule has 86 valence electrons. The largest absolute Gasteiger partial charge is 0.351 e. The second-order valence-electron chi connectivity index (χ2n) is 2.99. The molecule has 1 heterocycles. The van der Waals surface area contributed by atoms with Crippen molar-refractivity contribution in [2.45, 2.75) is 13.0 Å². The van der Waals surface area contributed by atoms with Crippen LogP contribution in [-0.2, 0) is 4.79 Å². The van der Waals surface area contributed by atoms with Gasteiger partial charge in [0.25, 0.3) is 11.5 Å². The third kappa shape index (κ3) is 2.80. The molecule has 8 heteroatoms. The lowest BCUT2D eigenvalue weighted by molar-refractivity contribution is -0.122. The minimum atomic E-state index is -0.980. The minimum Gasteiger partial charge on any atom is -0.351 e. The van der Waals surface area contributed by atoms with E-state index < -0.39 is 23.5 Å². The molecule has 1 rings (SSSR count). The molecule has 1 unspecified atom stereocenters. The van der Waals surface area contributed by atoms with Gasteiger partial charge < -0.3 is 5.73 Å². The van der Waals surface area contributed by atoms with Crippen molar-refractivity contribution < 1.29 is 9.59 Å². The molecule has 0 aliphatic heterocycles. The van der Waals surface area contributed by atoms with Crippen LogP contribution in [0.25, 0.3) is 0 Å². The lowest BCUT2D eigenvalue weighted by Gasteiger charge is -2.12. The van der Waals surface area contributed by atoms with Crippen LogP contribution >= 0.6 is 11.6 Å². The van der Waals surface area contributed by atoms with Gasteiger partial charge >= 0.3 is 6.03 Å². The second kappa shape index (κ2) is 4.75. The molecule has 3 amide bonds. The third-order valence-corrected chi connectivity index (χ3v) is 2.05. The van der Waals surface area contributed by atoms with Crippen molar-refractivity contribution in [3.63, 3.8) is 0 Å². The van der Waals surface area contributed by atoms with Gasteiger partial charge in [0.15, 0.2) is 0 Å². The van der Waals surface area contributed by atoms with Crippen molar-refractivity contribution in [3.8, 4) is 0 Å². The van der Waals surface area contributed by atoms with Gasteiger partial charge in [0, 0.05) is 6.07 Å². The molecule has 7 nitrogen and oxygen atoms in total. The average molecular weight is 245 g/mol. The number of carbonyl (C=O) groups excluding carboxylic acids is 2. The molecule has 0 aromatic carbocycles. The molecule has 1 atom stereocenters. The topological polar surface area (TPSA) is 107 Å². The normalized spacial score (nSPS) is 11.9. The number of hydrogen-bond donors (Lipinski definition) is 2. The number of carbonyl (C=O) groups is 2. The maximum absolute atomic E-state index is 11.4. The fourth-order valence-corrected chi connectivity index (χ4v) is 1.17. The number of imide groups is 1. The van der Waals surface area contributed by atoms with Gasteiger partial charge in [-0.25, -0.2) is 9.78 Å². The zero-order valence-corrected chi connectivity index (χ0v) is 9.06. The molecular weight excluding hydrogens is 236 g/mol. The Morgan fingerprint density at radius 3 is 2.75 bits per heavy atom. The van der Waals surface area contributed by atoms with Crippen molar-refractivity contribution in [2.75, 3.05) is 0 Å². The number of hydrogen-bond acceptors (Lipinski definition) is 4. The first-order valence-electron chi connectivity index (χ1n) is 4.26. The molecule has 0 fully saturated rings. The van der Waals surface area contributed by atoms with E-state index in [9.17, 15) is 14.4 Å². The van der Waals surface area contributed by atoms with Gasteiger partial charge in [0.05, 0.1) is 6.33 Å². The number of urea groups is 1. The molecule has 0 bridgehead atoms. The van der Waals surface area contributed by atoms with E-state index >= 15 is 0 Å². The van der Waals surface area contributed by atoms with E-state index in [0.717, 1.165) is 17.0 Å². The van der Waals surface area contributed by atoms with Crippen LogP contribution in [-0.4, -0.2) is 21.5 Å². The van der Waals surface area contributed by atoms with Crippen molar-refractivity contribution >= 4 is 23.5 Å². The van der Waals surface area contributed by atoms with Crippen molar-refractivity contribution in [3.05, 3.63) is 27.9 Å². The highest BCUT2D eigenvalue weighted by Crippen LogP contribution is 2.03. The number of amides is 3. The van der Waals surface area contributed by atoms with Crippen molar-refractivity contribution in [1.29, 1.82) is 0 Å². The lowest BCUT2D eigenvalue weighted by Crippen LogP contribution is -2.41. The molecule has 0 spiro atoms. The fourth-order valence-electron chi connectivity index (χ4n) is 1.03. The standard InChI is InChI=1S/C8H9ClN4O3/c1-4(7(15)12-8(10)16)13-3-11-5(9)2-6(13)14/h2-4H,1H3,(H3,10,12,15,16). The van der Waals surface area contributed by atoms with E-state index in [-0.39, 0.29) is 5.15 Å². The number of rotatable bonds is 2. The number of nitrogens with zero attached hydrogens (tertiary/aromatic N) is 2. The summed E-state index contributed by atoms with van der Waals surface area (Å²) >= 11 is 5.49. The molecule has 0 saturated carbocycles. The predicted octanol–water partition coefficient (Wildman–Crippen LogP) is -0.347. The zero-order valence-electron chi connectivity index (χ0n) is 8.31.